The summed E-state index contributed by atoms with van der Waals surface area (Å²) in [4.78, 5) is 0. The van der Waals surface area contributed by atoms with Gasteiger partial charge in [-0.2, -0.15) is 0 Å². The summed E-state index contributed by atoms with van der Waals surface area (Å²) in [5.74, 6) is 1.38. The van der Waals surface area contributed by atoms with E-state index < -0.39 is 0 Å². The smallest absolute Gasteiger partial charge is 0.122 e. The minimum atomic E-state index is 0.432. The van der Waals surface area contributed by atoms with Crippen LogP contribution in [0.1, 0.15) is 25.3 Å². The number of hydrogen-bond acceptors (Lipinski definition) is 2. The largest absolute Gasteiger partial charge is 0.491 e. The zero-order valence-corrected chi connectivity index (χ0v) is 14.5. The first-order valence-electron chi connectivity index (χ1n) is 6.98. The fourth-order valence-electron chi connectivity index (χ4n) is 2.03. The highest BCUT2D eigenvalue weighted by Gasteiger charge is 2.08. The Bertz CT molecular complexity index is 584. The van der Waals surface area contributed by atoms with Crippen LogP contribution in [0.5, 0.6) is 5.75 Å². The van der Waals surface area contributed by atoms with Crippen LogP contribution < -0.4 is 10.1 Å². The maximum Gasteiger partial charge on any atom is 0.122 e. The zero-order chi connectivity index (χ0) is 15.2. The van der Waals surface area contributed by atoms with E-state index in [-0.39, 0.29) is 0 Å². The Morgan fingerprint density at radius 1 is 1.14 bits per heavy atom. The molecule has 0 aliphatic heterocycles. The third-order valence-electron chi connectivity index (χ3n) is 3.13. The average Bonchev–Trinajstić information content (AvgIpc) is 2.46. The molecular weight excluding hydrogens is 350 g/mol. The lowest BCUT2D eigenvalue weighted by Crippen LogP contribution is -2.12. The van der Waals surface area contributed by atoms with Gasteiger partial charge in [-0.05, 0) is 53.9 Å². The number of ether oxygens (including phenoxy) is 1. The summed E-state index contributed by atoms with van der Waals surface area (Å²) in [6, 6.07) is 13.8. The third kappa shape index (κ3) is 4.94. The van der Waals surface area contributed by atoms with Crippen molar-refractivity contribution in [3.05, 3.63) is 57.5 Å². The summed E-state index contributed by atoms with van der Waals surface area (Å²) in [7, 11) is 0. The van der Waals surface area contributed by atoms with Crippen LogP contribution in [0.4, 0.5) is 5.69 Å². The van der Waals surface area contributed by atoms with Gasteiger partial charge in [-0.3, -0.25) is 0 Å². The Labute approximate surface area is 139 Å². The van der Waals surface area contributed by atoms with Crippen LogP contribution in [0.3, 0.4) is 0 Å². The van der Waals surface area contributed by atoms with Crippen LogP contribution in [0, 0.1) is 0 Å². The highest BCUT2D eigenvalue weighted by atomic mass is 79.9. The summed E-state index contributed by atoms with van der Waals surface area (Å²) >= 11 is 9.36. The fraction of sp³-hybridized carbons (Fsp3) is 0.294. The van der Waals surface area contributed by atoms with Crippen LogP contribution in [0.25, 0.3) is 0 Å². The van der Waals surface area contributed by atoms with E-state index >= 15 is 0 Å². The Kier molecular flexibility index (Phi) is 5.95. The van der Waals surface area contributed by atoms with E-state index in [9.17, 15) is 0 Å². The molecule has 0 amide bonds. The molecule has 2 aromatic rings. The van der Waals surface area contributed by atoms with Crippen molar-refractivity contribution in [1.29, 1.82) is 0 Å². The van der Waals surface area contributed by atoms with Crippen LogP contribution in [0.2, 0.25) is 5.02 Å². The molecule has 0 saturated carbocycles. The summed E-state index contributed by atoms with van der Waals surface area (Å²) in [5, 5.41) is 4.05. The van der Waals surface area contributed by atoms with Crippen LogP contribution in [-0.2, 0) is 0 Å². The molecule has 0 heterocycles. The molecule has 4 heteroatoms. The molecule has 0 bridgehead atoms. The van der Waals surface area contributed by atoms with E-state index in [1.165, 1.54) is 5.56 Å². The molecule has 2 aromatic carbocycles. The molecule has 0 aliphatic carbocycles. The predicted molar refractivity (Wildman–Crippen MR) is 93.7 cm³/mol. The molecule has 2 nitrogen and oxygen atoms in total. The average molecular weight is 369 g/mol. The number of anilines is 1. The molecule has 0 atom stereocenters. The number of rotatable bonds is 6. The van der Waals surface area contributed by atoms with Gasteiger partial charge >= 0.3 is 0 Å². The molecule has 0 radical (unpaired) electrons. The highest BCUT2D eigenvalue weighted by molar-refractivity contribution is 9.10. The van der Waals surface area contributed by atoms with Crippen molar-refractivity contribution in [3.63, 3.8) is 0 Å². The fourth-order valence-corrected chi connectivity index (χ4v) is 2.53. The topological polar surface area (TPSA) is 21.3 Å². The molecule has 2 rings (SSSR count). The first-order chi connectivity index (χ1) is 10.1. The van der Waals surface area contributed by atoms with Gasteiger partial charge in [-0.15, -0.1) is 0 Å². The lowest BCUT2D eigenvalue weighted by Gasteiger charge is -2.15. The first kappa shape index (κ1) is 16.2. The second kappa shape index (κ2) is 7.71. The van der Waals surface area contributed by atoms with E-state index in [0.29, 0.717) is 12.5 Å². The maximum atomic E-state index is 5.89. The number of hydrogen-bond donors (Lipinski definition) is 1. The molecule has 0 fully saturated rings. The standard InChI is InChI=1S/C17H19BrClNO/c1-12(2)16-11-13(18)3-8-17(16)21-10-9-20-15-6-4-14(19)5-7-15/h3-8,11-12,20H,9-10H2,1-2H3. The maximum absolute atomic E-state index is 5.89. The summed E-state index contributed by atoms with van der Waals surface area (Å²) < 4.78 is 6.97. The van der Waals surface area contributed by atoms with Crippen molar-refractivity contribution < 1.29 is 4.74 Å². The van der Waals surface area contributed by atoms with Gasteiger partial charge < -0.3 is 10.1 Å². The van der Waals surface area contributed by atoms with Crippen LogP contribution in [-0.4, -0.2) is 13.2 Å². The molecule has 0 aliphatic rings. The van der Waals surface area contributed by atoms with Gasteiger partial charge in [0, 0.05) is 21.7 Å². The lowest BCUT2D eigenvalue weighted by molar-refractivity contribution is 0.328. The minimum Gasteiger partial charge on any atom is -0.491 e. The Morgan fingerprint density at radius 3 is 2.52 bits per heavy atom. The normalized spacial score (nSPS) is 10.7. The van der Waals surface area contributed by atoms with E-state index in [2.05, 4.69) is 41.2 Å². The quantitative estimate of drug-likeness (QED) is 0.659. The first-order valence-corrected chi connectivity index (χ1v) is 8.15. The highest BCUT2D eigenvalue weighted by Crippen LogP contribution is 2.29. The van der Waals surface area contributed by atoms with Crippen molar-refractivity contribution in [2.24, 2.45) is 0 Å². The molecule has 0 saturated heterocycles. The summed E-state index contributed by atoms with van der Waals surface area (Å²) in [6.45, 7) is 5.69. The second-order valence-electron chi connectivity index (χ2n) is 5.12. The zero-order valence-electron chi connectivity index (χ0n) is 12.2. The molecule has 112 valence electrons. The number of halogens is 2. The molecular formula is C17H19BrClNO. The lowest BCUT2D eigenvalue weighted by atomic mass is 10.0. The number of nitrogens with one attached hydrogen (secondary N) is 1. The second-order valence-corrected chi connectivity index (χ2v) is 6.47. The van der Waals surface area contributed by atoms with Gasteiger partial charge in [0.15, 0.2) is 0 Å². The predicted octanol–water partition coefficient (Wildman–Crippen LogP) is 5.72. The van der Waals surface area contributed by atoms with Crippen molar-refractivity contribution >= 4 is 33.2 Å². The van der Waals surface area contributed by atoms with Gasteiger partial charge in [-0.25, -0.2) is 0 Å². The summed E-state index contributed by atoms with van der Waals surface area (Å²) in [6.07, 6.45) is 0. The van der Waals surface area contributed by atoms with Gasteiger partial charge in [0.2, 0.25) is 0 Å². The van der Waals surface area contributed by atoms with Crippen LogP contribution >= 0.6 is 27.5 Å². The Hall–Kier alpha value is -1.19. The Balaban J connectivity index is 1.87. The number of benzene rings is 2. The molecule has 1 N–H and O–H groups in total. The molecule has 0 spiro atoms. The van der Waals surface area contributed by atoms with Gasteiger partial charge in [0.05, 0.1) is 0 Å². The van der Waals surface area contributed by atoms with E-state index in [1.54, 1.807) is 0 Å². The SMILES string of the molecule is CC(C)c1cc(Br)ccc1OCCNc1ccc(Cl)cc1. The van der Waals surface area contributed by atoms with E-state index in [0.717, 1.165) is 27.5 Å². The Morgan fingerprint density at radius 2 is 1.86 bits per heavy atom. The van der Waals surface area contributed by atoms with Gasteiger partial charge in [0.25, 0.3) is 0 Å². The molecule has 0 unspecified atom stereocenters. The van der Waals surface area contributed by atoms with Crippen molar-refractivity contribution in [1.82, 2.24) is 0 Å². The molecule has 21 heavy (non-hydrogen) atoms. The minimum absolute atomic E-state index is 0.432. The third-order valence-corrected chi connectivity index (χ3v) is 3.87. The van der Waals surface area contributed by atoms with Crippen molar-refractivity contribution in [3.8, 4) is 5.75 Å². The van der Waals surface area contributed by atoms with Gasteiger partial charge in [0.1, 0.15) is 12.4 Å². The van der Waals surface area contributed by atoms with Crippen molar-refractivity contribution in [2.45, 2.75) is 19.8 Å². The van der Waals surface area contributed by atoms with E-state index in [4.69, 9.17) is 16.3 Å². The van der Waals surface area contributed by atoms with Crippen LogP contribution in [0.15, 0.2) is 46.9 Å². The van der Waals surface area contributed by atoms with Crippen molar-refractivity contribution in [2.75, 3.05) is 18.5 Å². The molecule has 0 aromatic heterocycles. The summed E-state index contributed by atoms with van der Waals surface area (Å²) in [5.41, 5.74) is 2.26. The van der Waals surface area contributed by atoms with Gasteiger partial charge in [-0.1, -0.05) is 41.4 Å². The monoisotopic (exact) mass is 367 g/mol. The van der Waals surface area contributed by atoms with E-state index in [1.807, 2.05) is 36.4 Å².